The number of halogens is 1. The summed E-state index contributed by atoms with van der Waals surface area (Å²) < 4.78 is 1.70. The molecule has 0 radical (unpaired) electrons. The first kappa shape index (κ1) is 12.6. The van der Waals surface area contributed by atoms with Crippen molar-refractivity contribution in [1.82, 2.24) is 9.97 Å². The number of rotatable bonds is 2. The maximum absolute atomic E-state index is 5.37. The third-order valence-electron chi connectivity index (χ3n) is 3.77. The van der Waals surface area contributed by atoms with Crippen molar-refractivity contribution in [2.75, 3.05) is 18.0 Å². The van der Waals surface area contributed by atoms with E-state index < -0.39 is 0 Å². The molecule has 3 nitrogen and oxygen atoms in total. The van der Waals surface area contributed by atoms with Gasteiger partial charge in [0.15, 0.2) is 0 Å². The van der Waals surface area contributed by atoms with Gasteiger partial charge in [0.1, 0.15) is 4.64 Å². The van der Waals surface area contributed by atoms with Gasteiger partial charge in [-0.05, 0) is 41.6 Å². The van der Waals surface area contributed by atoms with Crippen molar-refractivity contribution in [3.05, 3.63) is 14.8 Å². The standard InChI is InChI=1S/C13H18BrN3S/c14-10-11(9-5-6-9)15-13(16-12(10)18)17-7-3-1-2-4-8-17/h9H,1-8H2,(H,15,16,18). The van der Waals surface area contributed by atoms with Crippen LogP contribution in [0.25, 0.3) is 0 Å². The molecule has 98 valence electrons. The van der Waals surface area contributed by atoms with Gasteiger partial charge < -0.3 is 9.88 Å². The molecule has 18 heavy (non-hydrogen) atoms. The number of aromatic nitrogens is 2. The predicted molar refractivity (Wildman–Crippen MR) is 79.8 cm³/mol. The van der Waals surface area contributed by atoms with Crippen molar-refractivity contribution in [1.29, 1.82) is 0 Å². The van der Waals surface area contributed by atoms with Gasteiger partial charge in [-0.2, -0.15) is 0 Å². The zero-order valence-electron chi connectivity index (χ0n) is 10.4. The lowest BCUT2D eigenvalue weighted by Crippen LogP contribution is -2.26. The average molecular weight is 328 g/mol. The molecule has 2 heterocycles. The van der Waals surface area contributed by atoms with Crippen LogP contribution in [0.2, 0.25) is 0 Å². The molecule has 2 aliphatic rings. The van der Waals surface area contributed by atoms with Gasteiger partial charge in [0.05, 0.1) is 4.47 Å². The monoisotopic (exact) mass is 327 g/mol. The number of hydrogen-bond donors (Lipinski definition) is 1. The number of aromatic amines is 1. The summed E-state index contributed by atoms with van der Waals surface area (Å²) in [4.78, 5) is 10.4. The molecule has 0 spiro atoms. The van der Waals surface area contributed by atoms with Crippen molar-refractivity contribution in [2.24, 2.45) is 0 Å². The third kappa shape index (κ3) is 2.62. The molecule has 0 aromatic carbocycles. The molecule has 0 bridgehead atoms. The van der Waals surface area contributed by atoms with Gasteiger partial charge in [-0.3, -0.25) is 0 Å². The Balaban J connectivity index is 1.93. The number of nitrogens with one attached hydrogen (secondary N) is 1. The van der Waals surface area contributed by atoms with Crippen LogP contribution in [0.3, 0.4) is 0 Å². The first-order valence-corrected chi connectivity index (χ1v) is 8.00. The van der Waals surface area contributed by atoms with Crippen molar-refractivity contribution >= 4 is 34.1 Å². The number of nitrogens with zero attached hydrogens (tertiary/aromatic N) is 2. The van der Waals surface area contributed by atoms with E-state index >= 15 is 0 Å². The largest absolute Gasteiger partial charge is 0.342 e. The molecular formula is C13H18BrN3S. The summed E-state index contributed by atoms with van der Waals surface area (Å²) in [6.07, 6.45) is 7.74. The lowest BCUT2D eigenvalue weighted by Gasteiger charge is -2.22. The van der Waals surface area contributed by atoms with Gasteiger partial charge in [-0.15, -0.1) is 0 Å². The molecule has 1 aliphatic carbocycles. The highest BCUT2D eigenvalue weighted by atomic mass is 79.9. The first-order chi connectivity index (χ1) is 8.75. The van der Waals surface area contributed by atoms with Crippen molar-refractivity contribution in [3.8, 4) is 0 Å². The molecule has 0 unspecified atom stereocenters. The van der Waals surface area contributed by atoms with E-state index in [2.05, 4.69) is 30.8 Å². The summed E-state index contributed by atoms with van der Waals surface area (Å²) in [5.74, 6) is 1.64. The maximum Gasteiger partial charge on any atom is 0.204 e. The maximum atomic E-state index is 5.37. The topological polar surface area (TPSA) is 31.9 Å². The second-order valence-corrected chi connectivity index (χ2v) is 6.45. The van der Waals surface area contributed by atoms with Crippen molar-refractivity contribution < 1.29 is 0 Å². The molecule has 1 saturated carbocycles. The van der Waals surface area contributed by atoms with Crippen molar-refractivity contribution in [3.63, 3.8) is 0 Å². The fourth-order valence-electron chi connectivity index (χ4n) is 2.55. The molecule has 1 aromatic rings. The zero-order valence-corrected chi connectivity index (χ0v) is 12.8. The third-order valence-corrected chi connectivity index (χ3v) is 5.13. The Morgan fingerprint density at radius 1 is 1.17 bits per heavy atom. The summed E-state index contributed by atoms with van der Waals surface area (Å²) in [5, 5.41) is 0. The van der Waals surface area contributed by atoms with E-state index in [1.807, 2.05) is 0 Å². The highest BCUT2D eigenvalue weighted by Crippen LogP contribution is 2.42. The van der Waals surface area contributed by atoms with E-state index in [4.69, 9.17) is 12.2 Å². The summed E-state index contributed by atoms with van der Waals surface area (Å²) >= 11 is 8.95. The molecule has 1 aliphatic heterocycles. The molecular weight excluding hydrogens is 310 g/mol. The summed E-state index contributed by atoms with van der Waals surface area (Å²) in [5.41, 5.74) is 1.26. The van der Waals surface area contributed by atoms with Crippen LogP contribution in [0, 0.1) is 4.64 Å². The Kier molecular flexibility index (Phi) is 3.71. The van der Waals surface area contributed by atoms with Crippen LogP contribution in [0.1, 0.15) is 50.1 Å². The minimum absolute atomic E-state index is 0.662. The van der Waals surface area contributed by atoms with E-state index in [9.17, 15) is 0 Å². The van der Waals surface area contributed by atoms with Gasteiger partial charge >= 0.3 is 0 Å². The molecule has 5 heteroatoms. The van der Waals surface area contributed by atoms with Gasteiger partial charge in [-0.25, -0.2) is 4.98 Å². The Hall–Kier alpha value is -0.420. The highest BCUT2D eigenvalue weighted by Gasteiger charge is 2.28. The van der Waals surface area contributed by atoms with E-state index in [-0.39, 0.29) is 0 Å². The van der Waals surface area contributed by atoms with Crippen LogP contribution in [-0.2, 0) is 0 Å². The SMILES string of the molecule is S=c1nc(N2CCCCCC2)[nH]c(C2CC2)c1Br. The Bertz CT molecular complexity index is 487. The van der Waals surface area contributed by atoms with Gasteiger partial charge in [0.25, 0.3) is 0 Å². The normalized spacial score (nSPS) is 20.8. The molecule has 1 saturated heterocycles. The number of anilines is 1. The molecule has 0 amide bonds. The summed E-state index contributed by atoms with van der Waals surface area (Å²) in [6.45, 7) is 2.20. The van der Waals surface area contributed by atoms with E-state index in [0.717, 1.165) is 23.5 Å². The fraction of sp³-hybridized carbons (Fsp3) is 0.692. The molecule has 1 N–H and O–H groups in total. The molecule has 3 rings (SSSR count). The smallest absolute Gasteiger partial charge is 0.204 e. The number of H-pyrrole nitrogens is 1. The van der Waals surface area contributed by atoms with E-state index in [1.54, 1.807) is 0 Å². The quantitative estimate of drug-likeness (QED) is 0.827. The Morgan fingerprint density at radius 2 is 1.83 bits per heavy atom. The fourth-order valence-corrected chi connectivity index (χ4v) is 3.26. The average Bonchev–Trinajstić information content (AvgIpc) is 3.17. The van der Waals surface area contributed by atoms with E-state index in [0.29, 0.717) is 10.6 Å². The minimum Gasteiger partial charge on any atom is -0.342 e. The predicted octanol–water partition coefficient (Wildman–Crippen LogP) is 4.16. The van der Waals surface area contributed by atoms with E-state index in [1.165, 1.54) is 44.2 Å². The van der Waals surface area contributed by atoms with Crippen LogP contribution in [0.4, 0.5) is 5.95 Å². The first-order valence-electron chi connectivity index (χ1n) is 6.80. The molecule has 1 aromatic heterocycles. The number of hydrogen-bond acceptors (Lipinski definition) is 3. The van der Waals surface area contributed by atoms with Crippen LogP contribution in [-0.4, -0.2) is 23.1 Å². The molecule has 2 fully saturated rings. The van der Waals surface area contributed by atoms with Gasteiger partial charge in [-0.1, -0.05) is 25.1 Å². The van der Waals surface area contributed by atoms with Crippen molar-refractivity contribution in [2.45, 2.75) is 44.4 Å². The van der Waals surface area contributed by atoms with Crippen LogP contribution in [0.15, 0.2) is 4.47 Å². The summed E-state index contributed by atoms with van der Waals surface area (Å²) in [7, 11) is 0. The van der Waals surface area contributed by atoms with Gasteiger partial charge in [0, 0.05) is 24.7 Å². The van der Waals surface area contributed by atoms with Gasteiger partial charge in [0.2, 0.25) is 5.95 Å². The minimum atomic E-state index is 0.662. The van der Waals surface area contributed by atoms with Crippen LogP contribution in [0.5, 0.6) is 0 Å². The van der Waals surface area contributed by atoms with Crippen LogP contribution >= 0.6 is 28.1 Å². The zero-order chi connectivity index (χ0) is 12.5. The molecule has 0 atom stereocenters. The second-order valence-electron chi connectivity index (χ2n) is 5.27. The highest BCUT2D eigenvalue weighted by molar-refractivity contribution is 9.10. The summed E-state index contributed by atoms with van der Waals surface area (Å²) in [6, 6.07) is 0. The lowest BCUT2D eigenvalue weighted by molar-refractivity contribution is 0.726. The Morgan fingerprint density at radius 3 is 2.44 bits per heavy atom. The lowest BCUT2D eigenvalue weighted by atomic mass is 10.2. The van der Waals surface area contributed by atoms with Crippen LogP contribution < -0.4 is 4.90 Å². The Labute approximate surface area is 121 Å². The second kappa shape index (κ2) is 5.29.